The van der Waals surface area contributed by atoms with Crippen molar-refractivity contribution >= 4 is 5.97 Å². The van der Waals surface area contributed by atoms with Crippen molar-refractivity contribution in [3.05, 3.63) is 0 Å². The van der Waals surface area contributed by atoms with Crippen molar-refractivity contribution in [2.45, 2.75) is 31.6 Å². The highest BCUT2D eigenvalue weighted by molar-refractivity contribution is 5.70. The van der Waals surface area contributed by atoms with Gasteiger partial charge in [0.15, 0.2) is 0 Å². The van der Waals surface area contributed by atoms with Crippen LogP contribution in [0.1, 0.15) is 13.3 Å². The van der Waals surface area contributed by atoms with Gasteiger partial charge in [-0.3, -0.25) is 4.79 Å². The van der Waals surface area contributed by atoms with Crippen molar-refractivity contribution in [3.63, 3.8) is 0 Å². The lowest BCUT2D eigenvalue weighted by Gasteiger charge is -2.21. The Morgan fingerprint density at radius 3 is 2.46 bits per heavy atom. The summed E-state index contributed by atoms with van der Waals surface area (Å²) < 4.78 is 9.96. The van der Waals surface area contributed by atoms with Crippen LogP contribution >= 0.6 is 0 Å². The van der Waals surface area contributed by atoms with Gasteiger partial charge in [0.1, 0.15) is 0 Å². The first-order chi connectivity index (χ1) is 6.06. The molecule has 1 saturated heterocycles. The van der Waals surface area contributed by atoms with Gasteiger partial charge in [-0.15, -0.1) is 0 Å². The number of likely N-dealkylation sites (N-methyl/N-ethyl adjacent to an activating group) is 1. The molecule has 4 nitrogen and oxygen atoms in total. The maximum Gasteiger partial charge on any atom is 0.307 e. The van der Waals surface area contributed by atoms with E-state index in [9.17, 15) is 4.79 Å². The van der Waals surface area contributed by atoms with E-state index in [1.165, 1.54) is 7.11 Å². The van der Waals surface area contributed by atoms with E-state index in [1.807, 2.05) is 25.9 Å². The second-order valence-electron chi connectivity index (χ2n) is 3.62. The molecule has 1 aliphatic heterocycles. The third kappa shape index (κ3) is 2.67. The molecule has 0 amide bonds. The van der Waals surface area contributed by atoms with Crippen LogP contribution in [-0.2, 0) is 14.3 Å². The second-order valence-corrected chi connectivity index (χ2v) is 3.62. The van der Waals surface area contributed by atoms with Crippen molar-refractivity contribution < 1.29 is 14.3 Å². The Bertz CT molecular complexity index is 193. The van der Waals surface area contributed by atoms with Crippen LogP contribution in [-0.4, -0.2) is 50.3 Å². The van der Waals surface area contributed by atoms with Gasteiger partial charge in [0, 0.05) is 6.04 Å². The van der Waals surface area contributed by atoms with E-state index in [2.05, 4.69) is 4.74 Å². The van der Waals surface area contributed by atoms with Gasteiger partial charge in [0.2, 0.25) is 0 Å². The first kappa shape index (κ1) is 10.5. The first-order valence-electron chi connectivity index (χ1n) is 4.45. The molecule has 0 N–H and O–H groups in total. The molecule has 76 valence electrons. The number of hydrogen-bond donors (Lipinski definition) is 0. The summed E-state index contributed by atoms with van der Waals surface area (Å²) in [6.07, 6.45) is 0.865. The quantitative estimate of drug-likeness (QED) is 0.468. The zero-order chi connectivity index (χ0) is 10.0. The summed E-state index contributed by atoms with van der Waals surface area (Å²) in [5.41, 5.74) is 0. The molecule has 0 radical (unpaired) electrons. The molecule has 4 heteroatoms. The molecule has 0 saturated carbocycles. The highest BCUT2D eigenvalue weighted by Gasteiger charge is 2.43. The number of rotatable bonds is 4. The number of hydrogen-bond acceptors (Lipinski definition) is 4. The number of epoxide rings is 1. The fraction of sp³-hybridized carbons (Fsp3) is 0.889. The smallest absolute Gasteiger partial charge is 0.307 e. The molecule has 0 aliphatic carbocycles. The summed E-state index contributed by atoms with van der Waals surface area (Å²) >= 11 is 0. The van der Waals surface area contributed by atoms with Crippen molar-refractivity contribution in [1.82, 2.24) is 4.90 Å². The summed E-state index contributed by atoms with van der Waals surface area (Å²) in [4.78, 5) is 13.1. The summed E-state index contributed by atoms with van der Waals surface area (Å²) in [6, 6.07) is 0.141. The van der Waals surface area contributed by atoms with Crippen LogP contribution in [0.25, 0.3) is 0 Å². The number of esters is 1. The van der Waals surface area contributed by atoms with Gasteiger partial charge in [-0.2, -0.15) is 0 Å². The normalized spacial score (nSPS) is 28.7. The Hall–Kier alpha value is -0.610. The van der Waals surface area contributed by atoms with Crippen molar-refractivity contribution in [1.29, 1.82) is 0 Å². The molecule has 0 aromatic heterocycles. The molecular weight excluding hydrogens is 170 g/mol. The van der Waals surface area contributed by atoms with Crippen LogP contribution in [0.2, 0.25) is 0 Å². The zero-order valence-corrected chi connectivity index (χ0v) is 8.61. The number of nitrogens with zero attached hydrogens (tertiary/aromatic N) is 1. The van der Waals surface area contributed by atoms with Crippen LogP contribution in [0.5, 0.6) is 0 Å². The maximum atomic E-state index is 11.1. The predicted octanol–water partition coefficient (Wildman–Crippen LogP) is 0.267. The number of ether oxygens (including phenoxy) is 2. The average Bonchev–Trinajstić information content (AvgIpc) is 2.77. The third-order valence-corrected chi connectivity index (χ3v) is 2.40. The molecule has 0 spiro atoms. The van der Waals surface area contributed by atoms with E-state index in [1.54, 1.807) is 0 Å². The Labute approximate surface area is 78.8 Å². The molecule has 1 heterocycles. The van der Waals surface area contributed by atoms with E-state index in [-0.39, 0.29) is 24.2 Å². The van der Waals surface area contributed by atoms with E-state index in [0.29, 0.717) is 6.42 Å². The molecule has 3 atom stereocenters. The van der Waals surface area contributed by atoms with E-state index < -0.39 is 0 Å². The number of methoxy groups -OCH3 is 1. The maximum absolute atomic E-state index is 11.1. The molecule has 0 bridgehead atoms. The Morgan fingerprint density at radius 2 is 2.15 bits per heavy atom. The molecule has 1 rings (SSSR count). The molecule has 0 aromatic rings. The second kappa shape index (κ2) is 4.07. The Kier molecular flexibility index (Phi) is 3.27. The third-order valence-electron chi connectivity index (χ3n) is 2.40. The molecule has 1 aliphatic rings. The highest BCUT2D eigenvalue weighted by Crippen LogP contribution is 2.28. The summed E-state index contributed by atoms with van der Waals surface area (Å²) in [7, 11) is 5.30. The Balaban J connectivity index is 2.44. The fourth-order valence-electron chi connectivity index (χ4n) is 1.45. The minimum absolute atomic E-state index is 0.141. The average molecular weight is 187 g/mol. The van der Waals surface area contributed by atoms with E-state index in [0.717, 1.165) is 0 Å². The molecule has 1 fully saturated rings. The molecule has 13 heavy (non-hydrogen) atoms. The largest absolute Gasteiger partial charge is 0.469 e. The lowest BCUT2D eigenvalue weighted by Crippen LogP contribution is -2.36. The minimum atomic E-state index is -0.179. The SMILES string of the molecule is COC(=O)C[C@@H]([C@@H]1O[C@H]1C)N(C)C. The van der Waals surface area contributed by atoms with Crippen LogP contribution in [0.15, 0.2) is 0 Å². The molecule has 0 unspecified atom stereocenters. The van der Waals surface area contributed by atoms with Gasteiger partial charge >= 0.3 is 5.97 Å². The topological polar surface area (TPSA) is 42.1 Å². The fourth-order valence-corrected chi connectivity index (χ4v) is 1.45. The van der Waals surface area contributed by atoms with Gasteiger partial charge in [0.25, 0.3) is 0 Å². The standard InChI is InChI=1S/C9H17NO3/c1-6-9(13-6)7(10(2)3)5-8(11)12-4/h6-7,9H,5H2,1-4H3/t6-,7-,9+/m0/s1. The molecule has 0 aromatic carbocycles. The number of carbonyl (C=O) groups is 1. The first-order valence-corrected chi connectivity index (χ1v) is 4.45. The lowest BCUT2D eigenvalue weighted by atomic mass is 10.1. The van der Waals surface area contributed by atoms with Crippen molar-refractivity contribution in [2.75, 3.05) is 21.2 Å². The van der Waals surface area contributed by atoms with Crippen LogP contribution in [0.3, 0.4) is 0 Å². The van der Waals surface area contributed by atoms with Gasteiger partial charge in [0.05, 0.1) is 25.7 Å². The van der Waals surface area contributed by atoms with Crippen LogP contribution in [0.4, 0.5) is 0 Å². The molecular formula is C9H17NO3. The number of carbonyl (C=O) groups excluding carboxylic acids is 1. The summed E-state index contributed by atoms with van der Waals surface area (Å²) in [5, 5.41) is 0. The van der Waals surface area contributed by atoms with E-state index >= 15 is 0 Å². The van der Waals surface area contributed by atoms with Crippen molar-refractivity contribution in [2.24, 2.45) is 0 Å². The van der Waals surface area contributed by atoms with Crippen LogP contribution in [0, 0.1) is 0 Å². The minimum Gasteiger partial charge on any atom is -0.469 e. The van der Waals surface area contributed by atoms with Gasteiger partial charge in [-0.1, -0.05) is 0 Å². The predicted molar refractivity (Wildman–Crippen MR) is 48.4 cm³/mol. The Morgan fingerprint density at radius 1 is 1.62 bits per heavy atom. The summed E-state index contributed by atoms with van der Waals surface area (Å²) in [5.74, 6) is -0.179. The monoisotopic (exact) mass is 187 g/mol. The van der Waals surface area contributed by atoms with Gasteiger partial charge < -0.3 is 14.4 Å². The van der Waals surface area contributed by atoms with Crippen LogP contribution < -0.4 is 0 Å². The zero-order valence-electron chi connectivity index (χ0n) is 8.61. The lowest BCUT2D eigenvalue weighted by molar-refractivity contribution is -0.142. The van der Waals surface area contributed by atoms with E-state index in [4.69, 9.17) is 4.74 Å². The van der Waals surface area contributed by atoms with Gasteiger partial charge in [-0.05, 0) is 21.0 Å². The summed E-state index contributed by atoms with van der Waals surface area (Å²) in [6.45, 7) is 2.01. The van der Waals surface area contributed by atoms with Crippen molar-refractivity contribution in [3.8, 4) is 0 Å². The highest BCUT2D eigenvalue weighted by atomic mass is 16.6. The van der Waals surface area contributed by atoms with Gasteiger partial charge in [-0.25, -0.2) is 0 Å².